The molecule has 1 heterocycles. The van der Waals surface area contributed by atoms with E-state index in [0.717, 1.165) is 12.8 Å². The Morgan fingerprint density at radius 2 is 2.05 bits per heavy atom. The fourth-order valence-electron chi connectivity index (χ4n) is 2.13. The number of piperidine rings is 1. The van der Waals surface area contributed by atoms with Crippen LogP contribution in [-0.2, 0) is 14.3 Å². The number of carbonyl (C=O) groups excluding carboxylic acids is 2. The van der Waals surface area contributed by atoms with E-state index in [9.17, 15) is 9.59 Å². The van der Waals surface area contributed by atoms with Crippen molar-refractivity contribution in [3.63, 3.8) is 0 Å². The standard InChI is InChI=1S/C13H24N2O3.ClH/c1-4-18-13(17)10-6-5-7-15(8-10)12(16)11(14)9(2)3;/h9-11H,4-8,14H2,1-3H3;1H/t10?,11-;/m1./s1. The molecule has 1 aliphatic heterocycles. The number of hydrogen-bond donors (Lipinski definition) is 1. The van der Waals surface area contributed by atoms with Gasteiger partial charge in [0.2, 0.25) is 5.91 Å². The lowest BCUT2D eigenvalue weighted by molar-refractivity contribution is -0.151. The van der Waals surface area contributed by atoms with Crippen LogP contribution in [0, 0.1) is 11.8 Å². The normalized spacial score (nSPS) is 20.7. The third-order valence-corrected chi connectivity index (χ3v) is 3.36. The summed E-state index contributed by atoms with van der Waals surface area (Å²) < 4.78 is 5.01. The van der Waals surface area contributed by atoms with Gasteiger partial charge in [-0.1, -0.05) is 13.8 Å². The maximum Gasteiger partial charge on any atom is 0.310 e. The summed E-state index contributed by atoms with van der Waals surface area (Å²) >= 11 is 0. The number of likely N-dealkylation sites (tertiary alicyclic amines) is 1. The number of carbonyl (C=O) groups is 2. The summed E-state index contributed by atoms with van der Waals surface area (Å²) in [7, 11) is 0. The molecule has 0 radical (unpaired) electrons. The first-order valence-corrected chi connectivity index (χ1v) is 6.68. The van der Waals surface area contributed by atoms with E-state index in [1.54, 1.807) is 11.8 Å². The topological polar surface area (TPSA) is 72.6 Å². The largest absolute Gasteiger partial charge is 0.466 e. The second kappa shape index (κ2) is 8.38. The van der Waals surface area contributed by atoms with Crippen molar-refractivity contribution in [2.75, 3.05) is 19.7 Å². The molecule has 0 bridgehead atoms. The molecular formula is C13H25ClN2O3. The minimum absolute atomic E-state index is 0. The minimum atomic E-state index is -0.481. The lowest BCUT2D eigenvalue weighted by Gasteiger charge is -2.33. The predicted molar refractivity (Wildman–Crippen MR) is 76.0 cm³/mol. The Labute approximate surface area is 121 Å². The Balaban J connectivity index is 0.00000324. The van der Waals surface area contributed by atoms with Gasteiger partial charge in [-0.25, -0.2) is 0 Å². The van der Waals surface area contributed by atoms with Gasteiger partial charge in [-0.3, -0.25) is 9.59 Å². The zero-order valence-electron chi connectivity index (χ0n) is 11.9. The van der Waals surface area contributed by atoms with Crippen LogP contribution in [0.4, 0.5) is 0 Å². The molecule has 0 aliphatic carbocycles. The smallest absolute Gasteiger partial charge is 0.310 e. The molecule has 0 spiro atoms. The van der Waals surface area contributed by atoms with Gasteiger partial charge in [0.15, 0.2) is 0 Å². The van der Waals surface area contributed by atoms with Crippen LogP contribution in [0.5, 0.6) is 0 Å². The highest BCUT2D eigenvalue weighted by atomic mass is 35.5. The number of halogens is 1. The van der Waals surface area contributed by atoms with Crippen molar-refractivity contribution in [1.82, 2.24) is 4.90 Å². The fourth-order valence-corrected chi connectivity index (χ4v) is 2.13. The van der Waals surface area contributed by atoms with Crippen molar-refractivity contribution in [1.29, 1.82) is 0 Å². The number of nitrogens with zero attached hydrogens (tertiary/aromatic N) is 1. The number of hydrogen-bond acceptors (Lipinski definition) is 4. The Kier molecular flexibility index (Phi) is 8.02. The van der Waals surface area contributed by atoms with Crippen LogP contribution in [0.2, 0.25) is 0 Å². The van der Waals surface area contributed by atoms with Crippen LogP contribution in [-0.4, -0.2) is 42.5 Å². The molecule has 0 aromatic carbocycles. The monoisotopic (exact) mass is 292 g/mol. The van der Waals surface area contributed by atoms with Gasteiger partial charge in [0.05, 0.1) is 18.6 Å². The SMILES string of the molecule is CCOC(=O)C1CCCN(C(=O)[C@H](N)C(C)C)C1.Cl. The molecule has 1 amide bonds. The van der Waals surface area contributed by atoms with Gasteiger partial charge in [0, 0.05) is 13.1 Å². The molecule has 1 unspecified atom stereocenters. The van der Waals surface area contributed by atoms with Crippen LogP contribution < -0.4 is 5.73 Å². The van der Waals surface area contributed by atoms with Gasteiger partial charge < -0.3 is 15.4 Å². The third-order valence-electron chi connectivity index (χ3n) is 3.36. The van der Waals surface area contributed by atoms with Crippen LogP contribution >= 0.6 is 12.4 Å². The van der Waals surface area contributed by atoms with Crippen LogP contribution in [0.15, 0.2) is 0 Å². The summed E-state index contributed by atoms with van der Waals surface area (Å²) in [5, 5.41) is 0. The van der Waals surface area contributed by atoms with E-state index >= 15 is 0 Å². The maximum absolute atomic E-state index is 12.1. The zero-order chi connectivity index (χ0) is 13.7. The van der Waals surface area contributed by atoms with Gasteiger partial charge in [-0.2, -0.15) is 0 Å². The van der Waals surface area contributed by atoms with E-state index in [-0.39, 0.29) is 36.1 Å². The lowest BCUT2D eigenvalue weighted by Crippen LogP contribution is -2.51. The number of nitrogens with two attached hydrogens (primary N) is 1. The molecule has 0 saturated carbocycles. The molecule has 112 valence electrons. The van der Waals surface area contributed by atoms with Gasteiger partial charge in [-0.05, 0) is 25.7 Å². The summed E-state index contributed by atoms with van der Waals surface area (Å²) in [5.74, 6) is -0.338. The molecule has 2 N–H and O–H groups in total. The molecule has 1 saturated heterocycles. The number of amides is 1. The minimum Gasteiger partial charge on any atom is -0.466 e. The van der Waals surface area contributed by atoms with Crippen molar-refractivity contribution in [2.24, 2.45) is 17.6 Å². The summed E-state index contributed by atoms with van der Waals surface area (Å²) in [6.07, 6.45) is 1.62. The molecule has 1 fully saturated rings. The molecule has 19 heavy (non-hydrogen) atoms. The maximum atomic E-state index is 12.1. The second-order valence-electron chi connectivity index (χ2n) is 5.15. The number of ether oxygens (including phenoxy) is 1. The van der Waals surface area contributed by atoms with Crippen molar-refractivity contribution in [3.05, 3.63) is 0 Å². The molecule has 5 nitrogen and oxygen atoms in total. The van der Waals surface area contributed by atoms with Crippen molar-refractivity contribution in [3.8, 4) is 0 Å². The van der Waals surface area contributed by atoms with Crippen LogP contribution in [0.25, 0.3) is 0 Å². The first-order chi connectivity index (χ1) is 8.47. The Hall–Kier alpha value is -0.810. The Morgan fingerprint density at radius 3 is 2.58 bits per heavy atom. The number of esters is 1. The molecule has 0 aromatic rings. The molecule has 0 aromatic heterocycles. The van der Waals surface area contributed by atoms with Crippen LogP contribution in [0.1, 0.15) is 33.6 Å². The van der Waals surface area contributed by atoms with E-state index in [2.05, 4.69) is 0 Å². The van der Waals surface area contributed by atoms with E-state index in [1.807, 2.05) is 13.8 Å². The van der Waals surface area contributed by atoms with Gasteiger partial charge in [0.1, 0.15) is 0 Å². The molecule has 1 rings (SSSR count). The summed E-state index contributed by atoms with van der Waals surface area (Å²) in [4.78, 5) is 25.5. The highest BCUT2D eigenvalue weighted by Gasteiger charge is 2.32. The summed E-state index contributed by atoms with van der Waals surface area (Å²) in [5.41, 5.74) is 5.86. The highest BCUT2D eigenvalue weighted by Crippen LogP contribution is 2.19. The van der Waals surface area contributed by atoms with Gasteiger partial charge >= 0.3 is 5.97 Å². The molecular weight excluding hydrogens is 268 g/mol. The number of rotatable bonds is 4. The van der Waals surface area contributed by atoms with Crippen LogP contribution in [0.3, 0.4) is 0 Å². The first-order valence-electron chi connectivity index (χ1n) is 6.68. The van der Waals surface area contributed by atoms with Crippen molar-refractivity contribution in [2.45, 2.75) is 39.7 Å². The predicted octanol–water partition coefficient (Wildman–Crippen LogP) is 1.19. The van der Waals surface area contributed by atoms with Crippen molar-refractivity contribution < 1.29 is 14.3 Å². The Morgan fingerprint density at radius 1 is 1.42 bits per heavy atom. The fraction of sp³-hybridized carbons (Fsp3) is 0.846. The summed E-state index contributed by atoms with van der Waals surface area (Å²) in [6, 6.07) is -0.481. The van der Waals surface area contributed by atoms with Gasteiger partial charge in [-0.15, -0.1) is 12.4 Å². The third kappa shape index (κ3) is 4.99. The van der Waals surface area contributed by atoms with Crippen molar-refractivity contribution >= 4 is 24.3 Å². The first kappa shape index (κ1) is 18.2. The van der Waals surface area contributed by atoms with E-state index in [1.165, 1.54) is 0 Å². The second-order valence-corrected chi connectivity index (χ2v) is 5.15. The summed E-state index contributed by atoms with van der Waals surface area (Å²) in [6.45, 7) is 7.16. The average molecular weight is 293 g/mol. The van der Waals surface area contributed by atoms with E-state index < -0.39 is 6.04 Å². The van der Waals surface area contributed by atoms with Gasteiger partial charge in [0.25, 0.3) is 0 Å². The molecule has 6 heteroatoms. The van der Waals surface area contributed by atoms with E-state index in [0.29, 0.717) is 19.7 Å². The Bertz CT molecular complexity index is 310. The highest BCUT2D eigenvalue weighted by molar-refractivity contribution is 5.85. The average Bonchev–Trinajstić information content (AvgIpc) is 2.37. The quantitative estimate of drug-likeness (QED) is 0.790. The lowest BCUT2D eigenvalue weighted by atomic mass is 9.96. The zero-order valence-corrected chi connectivity index (χ0v) is 12.7. The van der Waals surface area contributed by atoms with E-state index in [4.69, 9.17) is 10.5 Å². The molecule has 1 aliphatic rings. The molecule has 2 atom stereocenters.